The van der Waals surface area contributed by atoms with Gasteiger partial charge in [0.1, 0.15) is 19.3 Å². The largest absolute Gasteiger partial charge is 0.472 e. The normalized spacial score (nSPS) is 14.0. The molecule has 2 unspecified atom stereocenters. The smallest absolute Gasteiger partial charge is 0.462 e. The van der Waals surface area contributed by atoms with Gasteiger partial charge in [-0.25, -0.2) is 9.13 Å². The number of phosphoric acid groups is 2. The second-order valence-electron chi connectivity index (χ2n) is 27.5. The fourth-order valence-corrected chi connectivity index (χ4v) is 13.1. The molecule has 17 nitrogen and oxygen atoms in total. The first-order valence-electron chi connectivity index (χ1n) is 39.1. The van der Waals surface area contributed by atoms with Crippen LogP contribution < -0.4 is 0 Å². The summed E-state index contributed by atoms with van der Waals surface area (Å²) in [4.78, 5) is 72.7. The molecule has 0 aromatic heterocycles. The molecular formula is C75H146O17P2. The van der Waals surface area contributed by atoms with Gasteiger partial charge in [0.15, 0.2) is 12.2 Å². The standard InChI is InChI=1S/C75H146O17P2/c1-6-9-12-15-18-21-24-26-27-28-29-30-31-35-41-46-51-56-61-75(80)92-71(65-86-73(78)59-54-49-44-39-36-32-33-37-42-47-52-57-68(4)5)67-90-94(83,84)88-63-69(76)62-87-93(81,82)89-66-70(64-85-72(77)58-53-48-43-38-23-20-17-14-11-8-3)91-74(79)60-55-50-45-40-34-25-22-19-16-13-10-7-2/h68-71,76H,6-67H2,1-5H3,(H,81,82)(H,83,84)/t69-,70+,71+/m0/s1. The first kappa shape index (κ1) is 92.1. The fourth-order valence-electron chi connectivity index (χ4n) is 11.5. The van der Waals surface area contributed by atoms with Gasteiger partial charge in [0.25, 0.3) is 0 Å². The molecule has 0 aliphatic rings. The van der Waals surface area contributed by atoms with E-state index >= 15 is 0 Å². The first-order valence-corrected chi connectivity index (χ1v) is 42.1. The van der Waals surface area contributed by atoms with Crippen molar-refractivity contribution in [2.75, 3.05) is 39.6 Å². The highest BCUT2D eigenvalue weighted by Gasteiger charge is 2.30. The summed E-state index contributed by atoms with van der Waals surface area (Å²) < 4.78 is 68.5. The van der Waals surface area contributed by atoms with Crippen molar-refractivity contribution in [3.63, 3.8) is 0 Å². The quantitative estimate of drug-likeness (QED) is 0.0222. The van der Waals surface area contributed by atoms with Crippen molar-refractivity contribution in [3.8, 4) is 0 Å². The fraction of sp³-hybridized carbons (Fsp3) is 0.947. The van der Waals surface area contributed by atoms with Crippen LogP contribution in [-0.4, -0.2) is 96.7 Å². The molecule has 94 heavy (non-hydrogen) atoms. The minimum Gasteiger partial charge on any atom is -0.462 e. The van der Waals surface area contributed by atoms with E-state index in [0.29, 0.717) is 25.7 Å². The van der Waals surface area contributed by atoms with Crippen molar-refractivity contribution in [2.45, 2.75) is 412 Å². The summed E-state index contributed by atoms with van der Waals surface area (Å²) in [6.07, 6.45) is 56.7. The highest BCUT2D eigenvalue weighted by atomic mass is 31.2. The number of phosphoric ester groups is 2. The van der Waals surface area contributed by atoms with E-state index in [1.807, 2.05) is 0 Å². The van der Waals surface area contributed by atoms with Crippen molar-refractivity contribution >= 4 is 39.5 Å². The van der Waals surface area contributed by atoms with Crippen LogP contribution in [-0.2, 0) is 65.4 Å². The zero-order chi connectivity index (χ0) is 69.1. The zero-order valence-corrected chi connectivity index (χ0v) is 62.9. The molecule has 0 saturated heterocycles. The van der Waals surface area contributed by atoms with E-state index in [2.05, 4.69) is 34.6 Å². The Bertz CT molecular complexity index is 1810. The predicted molar refractivity (Wildman–Crippen MR) is 382 cm³/mol. The molecule has 3 N–H and O–H groups in total. The van der Waals surface area contributed by atoms with Crippen LogP contribution in [0.2, 0.25) is 0 Å². The van der Waals surface area contributed by atoms with E-state index in [-0.39, 0.29) is 25.7 Å². The molecule has 558 valence electrons. The zero-order valence-electron chi connectivity index (χ0n) is 61.1. The van der Waals surface area contributed by atoms with E-state index in [9.17, 15) is 43.2 Å². The van der Waals surface area contributed by atoms with Crippen LogP contribution in [0.1, 0.15) is 394 Å². The number of unbranched alkanes of at least 4 members (excludes halogenated alkanes) is 47. The maximum Gasteiger partial charge on any atom is 0.472 e. The Kier molecular flexibility index (Phi) is 66.8. The van der Waals surface area contributed by atoms with Gasteiger partial charge in [-0.2, -0.15) is 0 Å². The maximum absolute atomic E-state index is 13.1. The lowest BCUT2D eigenvalue weighted by atomic mass is 10.0. The van der Waals surface area contributed by atoms with Crippen LogP contribution in [0.4, 0.5) is 0 Å². The number of aliphatic hydroxyl groups is 1. The number of hydrogen-bond donors (Lipinski definition) is 3. The summed E-state index contributed by atoms with van der Waals surface area (Å²) in [7, 11) is -9.91. The number of carbonyl (C=O) groups excluding carboxylic acids is 4. The van der Waals surface area contributed by atoms with E-state index in [1.54, 1.807) is 0 Å². The molecule has 0 fully saturated rings. The Morgan fingerprint density at radius 3 is 0.723 bits per heavy atom. The predicted octanol–water partition coefficient (Wildman–Crippen LogP) is 22.1. The molecule has 0 rings (SSSR count). The molecule has 0 radical (unpaired) electrons. The van der Waals surface area contributed by atoms with Crippen LogP contribution >= 0.6 is 15.6 Å². The third kappa shape index (κ3) is 68.6. The van der Waals surface area contributed by atoms with Gasteiger partial charge in [0.2, 0.25) is 0 Å². The van der Waals surface area contributed by atoms with Gasteiger partial charge in [-0.15, -0.1) is 0 Å². The third-order valence-electron chi connectivity index (χ3n) is 17.5. The minimum absolute atomic E-state index is 0.108. The second-order valence-corrected chi connectivity index (χ2v) is 30.4. The average Bonchev–Trinajstić information content (AvgIpc) is 1.66. The number of hydrogen-bond acceptors (Lipinski definition) is 15. The van der Waals surface area contributed by atoms with Crippen LogP contribution in [0.5, 0.6) is 0 Å². The Labute approximate surface area is 575 Å². The van der Waals surface area contributed by atoms with E-state index in [0.717, 1.165) is 95.8 Å². The van der Waals surface area contributed by atoms with Crippen LogP contribution in [0.25, 0.3) is 0 Å². The van der Waals surface area contributed by atoms with Crippen molar-refractivity contribution in [1.82, 2.24) is 0 Å². The average molecular weight is 1380 g/mol. The summed E-state index contributed by atoms with van der Waals surface area (Å²) in [6.45, 7) is 7.29. The molecule has 0 spiro atoms. The monoisotopic (exact) mass is 1380 g/mol. The highest BCUT2D eigenvalue weighted by Crippen LogP contribution is 2.45. The lowest BCUT2D eigenvalue weighted by Crippen LogP contribution is -2.30. The SMILES string of the molecule is CCCCCCCCCCCCCCCCCCCCC(=O)O[C@H](COC(=O)CCCCCCCCCCCCCC(C)C)COP(=O)(O)OC[C@@H](O)COP(=O)(O)OC[C@@H](COC(=O)CCCCCCCCCCCC)OC(=O)CCCCCCCCCCCCCC. The number of ether oxygens (including phenoxy) is 4. The Morgan fingerprint density at radius 2 is 0.489 bits per heavy atom. The summed E-state index contributed by atoms with van der Waals surface area (Å²) >= 11 is 0. The molecule has 0 aliphatic heterocycles. The summed E-state index contributed by atoms with van der Waals surface area (Å²) in [5.74, 6) is -1.34. The lowest BCUT2D eigenvalue weighted by molar-refractivity contribution is -0.161. The molecular weight excluding hydrogens is 1230 g/mol. The lowest BCUT2D eigenvalue weighted by Gasteiger charge is -2.21. The van der Waals surface area contributed by atoms with E-state index in [1.165, 1.54) is 218 Å². The molecule has 0 aliphatic carbocycles. The number of rotatable bonds is 75. The van der Waals surface area contributed by atoms with E-state index < -0.39 is 97.5 Å². The second kappa shape index (κ2) is 68.2. The van der Waals surface area contributed by atoms with Gasteiger partial charge in [-0.3, -0.25) is 37.3 Å². The highest BCUT2D eigenvalue weighted by molar-refractivity contribution is 7.47. The van der Waals surface area contributed by atoms with Crippen LogP contribution in [0, 0.1) is 5.92 Å². The molecule has 0 amide bonds. The van der Waals surface area contributed by atoms with Crippen molar-refractivity contribution in [3.05, 3.63) is 0 Å². The molecule has 5 atom stereocenters. The Hall–Kier alpha value is -1.94. The molecule has 0 saturated carbocycles. The Balaban J connectivity index is 5.23. The Morgan fingerprint density at radius 1 is 0.287 bits per heavy atom. The number of aliphatic hydroxyl groups excluding tert-OH is 1. The minimum atomic E-state index is -4.96. The molecule has 0 aromatic rings. The summed E-state index contributed by atoms with van der Waals surface area (Å²) in [5.41, 5.74) is 0. The first-order chi connectivity index (χ1) is 45.5. The van der Waals surface area contributed by atoms with Gasteiger partial charge in [-0.1, -0.05) is 343 Å². The molecule has 19 heteroatoms. The van der Waals surface area contributed by atoms with Gasteiger partial charge in [0.05, 0.1) is 26.4 Å². The van der Waals surface area contributed by atoms with Crippen molar-refractivity contribution < 1.29 is 80.2 Å². The van der Waals surface area contributed by atoms with Gasteiger partial charge in [-0.05, 0) is 31.6 Å². The summed E-state index contributed by atoms with van der Waals surface area (Å²) in [6, 6.07) is 0. The van der Waals surface area contributed by atoms with Crippen molar-refractivity contribution in [2.24, 2.45) is 5.92 Å². The molecule has 0 aromatic carbocycles. The number of carbonyl (C=O) groups is 4. The van der Waals surface area contributed by atoms with Gasteiger partial charge in [0, 0.05) is 25.7 Å². The van der Waals surface area contributed by atoms with E-state index in [4.69, 9.17) is 37.0 Å². The van der Waals surface area contributed by atoms with Gasteiger partial charge >= 0.3 is 39.5 Å². The molecule has 0 heterocycles. The summed E-state index contributed by atoms with van der Waals surface area (Å²) in [5, 5.41) is 10.6. The topological polar surface area (TPSA) is 237 Å². The maximum atomic E-state index is 13.1. The van der Waals surface area contributed by atoms with Gasteiger partial charge < -0.3 is 33.8 Å². The third-order valence-corrected chi connectivity index (χ3v) is 19.4. The van der Waals surface area contributed by atoms with Crippen LogP contribution in [0.15, 0.2) is 0 Å². The molecule has 0 bridgehead atoms. The van der Waals surface area contributed by atoms with Crippen molar-refractivity contribution in [1.29, 1.82) is 0 Å². The van der Waals surface area contributed by atoms with Crippen LogP contribution in [0.3, 0.4) is 0 Å². The number of esters is 4.